The lowest BCUT2D eigenvalue weighted by Crippen LogP contribution is -2.54. The Hall–Kier alpha value is -1.73. The van der Waals surface area contributed by atoms with Crippen LogP contribution in [0.1, 0.15) is 45.2 Å². The van der Waals surface area contributed by atoms with Crippen molar-refractivity contribution in [1.29, 1.82) is 0 Å². The summed E-state index contributed by atoms with van der Waals surface area (Å²) in [5.41, 5.74) is 5.97. The number of nitrogens with one attached hydrogen (secondary N) is 1. The Bertz CT molecular complexity index is 670. The fourth-order valence-electron chi connectivity index (χ4n) is 3.16. The molecule has 1 fully saturated rings. The van der Waals surface area contributed by atoms with E-state index in [2.05, 4.69) is 5.32 Å². The zero-order chi connectivity index (χ0) is 18.8. The smallest absolute Gasteiger partial charge is 0.225 e. The molecule has 1 aromatic carbocycles. The first-order valence-electron chi connectivity index (χ1n) is 8.35. The molecule has 0 aromatic heterocycles. The number of carbonyl (C=O) groups is 2. The van der Waals surface area contributed by atoms with E-state index >= 15 is 0 Å². The first-order chi connectivity index (χ1) is 11.6. The minimum atomic E-state index is -0.843. The Kier molecular flexibility index (Phi) is 7.53. The van der Waals surface area contributed by atoms with E-state index < -0.39 is 17.7 Å². The Balaban J connectivity index is 0.00000338. The van der Waals surface area contributed by atoms with Crippen LogP contribution in [0, 0.1) is 17.0 Å². The van der Waals surface area contributed by atoms with Crippen LogP contribution in [-0.4, -0.2) is 35.8 Å². The van der Waals surface area contributed by atoms with Gasteiger partial charge in [0.05, 0.1) is 12.5 Å². The van der Waals surface area contributed by atoms with Crippen molar-refractivity contribution in [3.8, 4) is 0 Å². The first-order valence-corrected chi connectivity index (χ1v) is 8.35. The van der Waals surface area contributed by atoms with Crippen LogP contribution in [0.25, 0.3) is 0 Å². The van der Waals surface area contributed by atoms with E-state index in [1.165, 1.54) is 13.0 Å². The van der Waals surface area contributed by atoms with Gasteiger partial charge in [-0.25, -0.2) is 8.78 Å². The predicted molar refractivity (Wildman–Crippen MR) is 97.7 cm³/mol. The summed E-state index contributed by atoms with van der Waals surface area (Å²) in [4.78, 5) is 25.8. The average molecular weight is 390 g/mol. The third-order valence-electron chi connectivity index (χ3n) is 4.76. The molecular formula is C18H26ClF2N3O2. The molecule has 0 radical (unpaired) electrons. The molecule has 1 aliphatic rings. The number of rotatable bonds is 4. The predicted octanol–water partition coefficient (Wildman–Crippen LogP) is 2.54. The molecule has 5 nitrogen and oxygen atoms in total. The molecule has 2 rings (SSSR count). The number of amides is 2. The quantitative estimate of drug-likeness (QED) is 0.830. The second-order valence-corrected chi connectivity index (χ2v) is 7.32. The van der Waals surface area contributed by atoms with E-state index in [9.17, 15) is 18.4 Å². The Labute approximate surface area is 158 Å². The Morgan fingerprint density at radius 1 is 1.38 bits per heavy atom. The molecule has 3 N–H and O–H groups in total. The molecule has 0 spiro atoms. The first kappa shape index (κ1) is 22.3. The van der Waals surface area contributed by atoms with Gasteiger partial charge in [0.2, 0.25) is 11.8 Å². The number of halogens is 3. The zero-order valence-electron chi connectivity index (χ0n) is 15.2. The highest BCUT2D eigenvalue weighted by molar-refractivity contribution is 5.85. The summed E-state index contributed by atoms with van der Waals surface area (Å²) < 4.78 is 27.2. The number of likely N-dealkylation sites (tertiary alicyclic amines) is 1. The molecule has 0 bridgehead atoms. The highest BCUT2D eigenvalue weighted by Crippen LogP contribution is 2.29. The topological polar surface area (TPSA) is 75.4 Å². The third-order valence-corrected chi connectivity index (χ3v) is 4.76. The summed E-state index contributed by atoms with van der Waals surface area (Å²) in [6, 6.07) is 2.29. The van der Waals surface area contributed by atoms with Gasteiger partial charge in [-0.3, -0.25) is 9.59 Å². The Morgan fingerprint density at radius 3 is 2.58 bits per heavy atom. The second kappa shape index (κ2) is 8.77. The minimum absolute atomic E-state index is 0. The third kappa shape index (κ3) is 5.38. The lowest BCUT2D eigenvalue weighted by molar-refractivity contribution is -0.135. The summed E-state index contributed by atoms with van der Waals surface area (Å²) in [7, 11) is 0. The maximum absolute atomic E-state index is 14.1. The summed E-state index contributed by atoms with van der Waals surface area (Å²) >= 11 is 0. The molecule has 1 aliphatic heterocycles. The molecule has 8 heteroatoms. The van der Waals surface area contributed by atoms with E-state index in [-0.39, 0.29) is 47.7 Å². The summed E-state index contributed by atoms with van der Waals surface area (Å²) in [5.74, 6) is -2.07. The molecule has 2 atom stereocenters. The number of carbonyl (C=O) groups excluding carboxylic acids is 2. The monoisotopic (exact) mass is 389 g/mol. The van der Waals surface area contributed by atoms with Crippen molar-refractivity contribution in [3.05, 3.63) is 35.4 Å². The highest BCUT2D eigenvalue weighted by Gasteiger charge is 2.36. The maximum atomic E-state index is 14.1. The maximum Gasteiger partial charge on any atom is 0.225 e. The van der Waals surface area contributed by atoms with Crippen molar-refractivity contribution >= 4 is 24.2 Å². The SMILES string of the molecule is CC(=O)NC(CC(=O)N1CCC(N)C(C)(C)C1)c1ccc(F)cc1F.Cl. The van der Waals surface area contributed by atoms with E-state index in [4.69, 9.17) is 5.73 Å². The van der Waals surface area contributed by atoms with Gasteiger partial charge in [0.25, 0.3) is 0 Å². The average Bonchev–Trinajstić information content (AvgIpc) is 2.48. The fraction of sp³-hybridized carbons (Fsp3) is 0.556. The van der Waals surface area contributed by atoms with Crippen LogP contribution in [-0.2, 0) is 9.59 Å². The van der Waals surface area contributed by atoms with Crippen LogP contribution >= 0.6 is 12.4 Å². The van der Waals surface area contributed by atoms with Crippen molar-refractivity contribution in [2.24, 2.45) is 11.1 Å². The van der Waals surface area contributed by atoms with Crippen LogP contribution in [0.3, 0.4) is 0 Å². The number of hydrogen-bond donors (Lipinski definition) is 2. The van der Waals surface area contributed by atoms with Crippen molar-refractivity contribution in [2.45, 2.75) is 45.7 Å². The van der Waals surface area contributed by atoms with Crippen LogP contribution in [0.4, 0.5) is 8.78 Å². The van der Waals surface area contributed by atoms with Gasteiger partial charge in [0.1, 0.15) is 11.6 Å². The van der Waals surface area contributed by atoms with Gasteiger partial charge < -0.3 is 16.0 Å². The summed E-state index contributed by atoms with van der Waals surface area (Å²) in [6.45, 7) is 6.33. The summed E-state index contributed by atoms with van der Waals surface area (Å²) in [5, 5.41) is 2.58. The van der Waals surface area contributed by atoms with Gasteiger partial charge in [-0.2, -0.15) is 0 Å². The number of piperidine rings is 1. The highest BCUT2D eigenvalue weighted by atomic mass is 35.5. The molecule has 2 unspecified atom stereocenters. The second-order valence-electron chi connectivity index (χ2n) is 7.32. The van der Waals surface area contributed by atoms with Gasteiger partial charge in [-0.15, -0.1) is 12.4 Å². The molecule has 1 aromatic rings. The largest absolute Gasteiger partial charge is 0.349 e. The standard InChI is InChI=1S/C18H25F2N3O2.ClH/c1-11(24)22-15(13-5-4-12(19)8-14(13)20)9-17(25)23-7-6-16(21)18(2,3)10-23;/h4-5,8,15-16H,6-7,9-10,21H2,1-3H3,(H,22,24);1H. The van der Waals surface area contributed by atoms with Crippen molar-refractivity contribution in [2.75, 3.05) is 13.1 Å². The Morgan fingerprint density at radius 2 is 2.04 bits per heavy atom. The number of hydrogen-bond acceptors (Lipinski definition) is 3. The molecule has 146 valence electrons. The van der Waals surface area contributed by atoms with E-state index in [0.717, 1.165) is 12.1 Å². The molecule has 1 saturated heterocycles. The van der Waals surface area contributed by atoms with Crippen LogP contribution in [0.2, 0.25) is 0 Å². The van der Waals surface area contributed by atoms with Gasteiger partial charge >= 0.3 is 0 Å². The van der Waals surface area contributed by atoms with Crippen LogP contribution in [0.5, 0.6) is 0 Å². The zero-order valence-corrected chi connectivity index (χ0v) is 16.0. The van der Waals surface area contributed by atoms with E-state index in [1.54, 1.807) is 4.90 Å². The van der Waals surface area contributed by atoms with Gasteiger partial charge in [0, 0.05) is 37.7 Å². The van der Waals surface area contributed by atoms with Crippen LogP contribution < -0.4 is 11.1 Å². The van der Waals surface area contributed by atoms with Crippen molar-refractivity contribution < 1.29 is 18.4 Å². The molecular weight excluding hydrogens is 364 g/mol. The van der Waals surface area contributed by atoms with Gasteiger partial charge in [-0.05, 0) is 17.9 Å². The number of benzene rings is 1. The fourth-order valence-corrected chi connectivity index (χ4v) is 3.16. The normalized spacial score (nSPS) is 20.1. The lowest BCUT2D eigenvalue weighted by atomic mass is 9.79. The van der Waals surface area contributed by atoms with Crippen molar-refractivity contribution in [1.82, 2.24) is 10.2 Å². The number of nitrogens with zero attached hydrogens (tertiary/aromatic N) is 1. The summed E-state index contributed by atoms with van der Waals surface area (Å²) in [6.07, 6.45) is 0.599. The molecule has 2 amide bonds. The lowest BCUT2D eigenvalue weighted by Gasteiger charge is -2.43. The molecule has 0 aliphatic carbocycles. The van der Waals surface area contributed by atoms with E-state index in [1.807, 2.05) is 13.8 Å². The minimum Gasteiger partial charge on any atom is -0.349 e. The molecule has 26 heavy (non-hydrogen) atoms. The van der Waals surface area contributed by atoms with E-state index in [0.29, 0.717) is 19.5 Å². The number of nitrogens with two attached hydrogens (primary N) is 1. The van der Waals surface area contributed by atoms with Gasteiger partial charge in [0.15, 0.2) is 0 Å². The van der Waals surface area contributed by atoms with Gasteiger partial charge in [-0.1, -0.05) is 19.9 Å². The van der Waals surface area contributed by atoms with Crippen LogP contribution in [0.15, 0.2) is 18.2 Å². The van der Waals surface area contributed by atoms with Crippen molar-refractivity contribution in [3.63, 3.8) is 0 Å². The molecule has 0 saturated carbocycles. The molecule has 1 heterocycles.